The molecule has 1 amide bonds. The van der Waals surface area contributed by atoms with Crippen LogP contribution in [-0.4, -0.2) is 46.7 Å². The van der Waals surface area contributed by atoms with Crippen molar-refractivity contribution >= 4 is 29.0 Å². The summed E-state index contributed by atoms with van der Waals surface area (Å²) < 4.78 is 29.2. The minimum atomic E-state index is -1.41. The third-order valence-corrected chi connectivity index (χ3v) is 8.56. The summed E-state index contributed by atoms with van der Waals surface area (Å²) in [4.78, 5) is 28.0. The third kappa shape index (κ3) is 5.82. The van der Waals surface area contributed by atoms with Gasteiger partial charge in [-0.1, -0.05) is 51.4 Å². The Morgan fingerprint density at radius 2 is 1.88 bits per heavy atom. The first kappa shape index (κ1) is 30.6. The number of hydrogen-bond donors (Lipinski definition) is 4. The molecule has 218 valence electrons. The zero-order chi connectivity index (χ0) is 29.4. The van der Waals surface area contributed by atoms with Crippen molar-refractivity contribution in [1.29, 1.82) is 0 Å². The van der Waals surface area contributed by atoms with Gasteiger partial charge in [-0.2, -0.15) is 0 Å². The normalized spacial score (nSPS) is 24.9. The number of hydrogen-bond acceptors (Lipinski definition) is 5. The fourth-order valence-electron chi connectivity index (χ4n) is 7.07. The molecule has 1 spiro atoms. The monoisotopic (exact) mass is 576 g/mol. The number of carbonyl (C=O) groups excluding carboxylic acids is 2. The minimum absolute atomic E-state index is 0.107. The van der Waals surface area contributed by atoms with E-state index < -0.39 is 53.7 Å². The summed E-state index contributed by atoms with van der Waals surface area (Å²) >= 11 is 6.40. The Morgan fingerprint density at radius 3 is 2.52 bits per heavy atom. The van der Waals surface area contributed by atoms with Gasteiger partial charge in [0.1, 0.15) is 11.2 Å². The van der Waals surface area contributed by atoms with Gasteiger partial charge in [-0.3, -0.25) is 9.59 Å². The molecule has 2 heterocycles. The molecule has 5 atom stereocenters. The largest absolute Gasteiger partial charge is 0.394 e. The molecule has 1 saturated heterocycles. The molecule has 0 radical (unpaired) electrons. The first-order valence-electron chi connectivity index (χ1n) is 13.9. The molecule has 0 aromatic heterocycles. The fourth-order valence-corrected chi connectivity index (χ4v) is 7.27. The van der Waals surface area contributed by atoms with E-state index in [9.17, 15) is 28.6 Å². The van der Waals surface area contributed by atoms with E-state index in [2.05, 4.69) is 38.3 Å². The number of aliphatic hydroxyl groups is 2. The molecule has 2 aliphatic rings. The molecule has 2 aromatic carbocycles. The van der Waals surface area contributed by atoms with Crippen molar-refractivity contribution in [3.05, 3.63) is 64.2 Å². The lowest BCUT2D eigenvalue weighted by Crippen LogP contribution is -2.50. The van der Waals surface area contributed by atoms with Crippen LogP contribution in [0, 0.1) is 23.0 Å². The van der Waals surface area contributed by atoms with Crippen LogP contribution in [0.4, 0.5) is 14.5 Å². The van der Waals surface area contributed by atoms with E-state index in [4.69, 9.17) is 11.6 Å². The Bertz CT molecular complexity index is 1270. The molecular weight excluding hydrogens is 538 g/mol. The van der Waals surface area contributed by atoms with E-state index >= 15 is 0 Å². The molecule has 4 rings (SSSR count). The molecule has 2 aromatic rings. The maximum Gasteiger partial charge on any atom is 0.237 e. The molecular formula is C31H39ClF2N2O4. The van der Waals surface area contributed by atoms with Gasteiger partial charge in [0.15, 0.2) is 11.6 Å². The van der Waals surface area contributed by atoms with Crippen LogP contribution < -0.4 is 10.6 Å². The van der Waals surface area contributed by atoms with Gasteiger partial charge < -0.3 is 20.8 Å². The van der Waals surface area contributed by atoms with Gasteiger partial charge in [-0.25, -0.2) is 8.78 Å². The highest BCUT2D eigenvalue weighted by Gasteiger charge is 2.65. The molecule has 40 heavy (non-hydrogen) atoms. The molecule has 9 heteroatoms. The van der Waals surface area contributed by atoms with Crippen LogP contribution in [0.5, 0.6) is 0 Å². The third-order valence-electron chi connectivity index (χ3n) is 8.33. The Morgan fingerprint density at radius 1 is 1.18 bits per heavy atom. The van der Waals surface area contributed by atoms with Crippen molar-refractivity contribution in [2.75, 3.05) is 11.9 Å². The topological polar surface area (TPSA) is 98.7 Å². The predicted octanol–water partition coefficient (Wildman–Crippen LogP) is 5.49. The van der Waals surface area contributed by atoms with Gasteiger partial charge in [-0.05, 0) is 66.3 Å². The van der Waals surface area contributed by atoms with E-state index in [-0.39, 0.29) is 29.7 Å². The van der Waals surface area contributed by atoms with Crippen LogP contribution in [0.2, 0.25) is 5.02 Å². The number of nitrogens with one attached hydrogen (secondary N) is 2. The number of benzene rings is 2. The maximum atomic E-state index is 14.8. The Labute approximate surface area is 239 Å². The highest BCUT2D eigenvalue weighted by molar-refractivity contribution is 6.30. The molecule has 2 aliphatic heterocycles. The first-order valence-corrected chi connectivity index (χ1v) is 14.3. The van der Waals surface area contributed by atoms with Gasteiger partial charge in [0.25, 0.3) is 0 Å². The second-order valence-corrected chi connectivity index (χ2v) is 13.0. The number of amides is 1. The SMILES string of the molecule is CC(C)CC(C)(C)C[C@H]1N[C@@H](C(=O)CCC[C@H](O)CO)[C@H](c2cccc(Cl)c2)[C@@]12C(=O)Nc1cc(F)c(F)cc12. The number of Topliss-reactive ketones (excluding diaryl/α,β-unsaturated/α-hetero) is 1. The zero-order valence-corrected chi connectivity index (χ0v) is 24.2. The number of fused-ring (bicyclic) bond motifs is 2. The van der Waals surface area contributed by atoms with Crippen molar-refractivity contribution in [1.82, 2.24) is 5.32 Å². The number of ketones is 1. The number of anilines is 1. The molecule has 0 bridgehead atoms. The minimum Gasteiger partial charge on any atom is -0.394 e. The van der Waals surface area contributed by atoms with Crippen molar-refractivity contribution < 1.29 is 28.6 Å². The number of halogens is 3. The smallest absolute Gasteiger partial charge is 0.237 e. The summed E-state index contributed by atoms with van der Waals surface area (Å²) in [7, 11) is 0. The van der Waals surface area contributed by atoms with E-state index in [0.29, 0.717) is 34.9 Å². The molecule has 0 saturated carbocycles. The highest BCUT2D eigenvalue weighted by Crippen LogP contribution is 2.57. The Hall–Kier alpha value is -2.39. The highest BCUT2D eigenvalue weighted by atomic mass is 35.5. The zero-order valence-electron chi connectivity index (χ0n) is 23.4. The van der Waals surface area contributed by atoms with Crippen LogP contribution >= 0.6 is 11.6 Å². The lowest BCUT2D eigenvalue weighted by Gasteiger charge is -2.39. The van der Waals surface area contributed by atoms with Gasteiger partial charge in [-0.15, -0.1) is 0 Å². The van der Waals surface area contributed by atoms with Crippen LogP contribution in [0.1, 0.15) is 76.8 Å². The lowest BCUT2D eigenvalue weighted by molar-refractivity contribution is -0.122. The second kappa shape index (κ2) is 11.8. The molecule has 6 nitrogen and oxygen atoms in total. The van der Waals surface area contributed by atoms with Crippen molar-refractivity contribution in [3.63, 3.8) is 0 Å². The summed E-state index contributed by atoms with van der Waals surface area (Å²) in [6.45, 7) is 8.08. The Balaban J connectivity index is 1.89. The summed E-state index contributed by atoms with van der Waals surface area (Å²) in [5, 5.41) is 25.7. The number of carbonyl (C=O) groups is 2. The standard InChI is InChI=1S/C31H39ClF2N2O4/c1-17(2)14-30(3,4)15-26-31(21-12-22(33)23(34)13-24(21)35-29(31)40)27(18-7-5-8-19(32)11-18)28(36-26)25(39)10-6-9-20(38)16-37/h5,7-8,11-13,17,20,26-28,36-38H,6,9-10,14-16H2,1-4H3,(H,35,40)/t20-,26+,27-,28-,31-/m0/s1. The predicted molar refractivity (Wildman–Crippen MR) is 151 cm³/mol. The summed E-state index contributed by atoms with van der Waals surface area (Å²) in [6, 6.07) is 7.68. The average molecular weight is 577 g/mol. The van der Waals surface area contributed by atoms with Crippen LogP contribution in [0.15, 0.2) is 36.4 Å². The van der Waals surface area contributed by atoms with Crippen LogP contribution in [-0.2, 0) is 15.0 Å². The summed E-state index contributed by atoms with van der Waals surface area (Å²) in [5.74, 6) is -3.08. The quantitative estimate of drug-likeness (QED) is 0.284. The van der Waals surface area contributed by atoms with Crippen molar-refractivity contribution in [2.45, 2.75) is 89.3 Å². The van der Waals surface area contributed by atoms with Gasteiger partial charge in [0, 0.05) is 35.2 Å². The summed E-state index contributed by atoms with van der Waals surface area (Å²) in [5.41, 5.74) is -0.490. The van der Waals surface area contributed by atoms with E-state index in [1.54, 1.807) is 18.2 Å². The number of aliphatic hydroxyl groups excluding tert-OH is 2. The number of rotatable bonds is 11. The molecule has 0 aliphatic carbocycles. The van der Waals surface area contributed by atoms with Crippen LogP contribution in [0.3, 0.4) is 0 Å². The van der Waals surface area contributed by atoms with E-state index in [0.717, 1.165) is 18.6 Å². The fraction of sp³-hybridized carbons (Fsp3) is 0.548. The molecule has 1 fully saturated rings. The van der Waals surface area contributed by atoms with Gasteiger partial charge >= 0.3 is 0 Å². The average Bonchev–Trinajstić information content (AvgIpc) is 3.33. The summed E-state index contributed by atoms with van der Waals surface area (Å²) in [6.07, 6.45) is 1.14. The van der Waals surface area contributed by atoms with Crippen molar-refractivity contribution in [2.24, 2.45) is 11.3 Å². The van der Waals surface area contributed by atoms with E-state index in [1.807, 2.05) is 6.07 Å². The van der Waals surface area contributed by atoms with Crippen molar-refractivity contribution in [3.8, 4) is 0 Å². The Kier molecular flexibility index (Phi) is 9.05. The van der Waals surface area contributed by atoms with Gasteiger partial charge in [0.05, 0.1) is 18.8 Å². The van der Waals surface area contributed by atoms with Gasteiger partial charge in [0.2, 0.25) is 5.91 Å². The lowest BCUT2D eigenvalue weighted by atomic mass is 9.61. The second-order valence-electron chi connectivity index (χ2n) is 12.5. The molecule has 4 N–H and O–H groups in total. The molecule has 0 unspecified atom stereocenters. The van der Waals surface area contributed by atoms with Crippen LogP contribution in [0.25, 0.3) is 0 Å². The first-order chi connectivity index (χ1) is 18.8. The van der Waals surface area contributed by atoms with E-state index in [1.165, 1.54) is 0 Å². The maximum absolute atomic E-state index is 14.8.